The lowest BCUT2D eigenvalue weighted by atomic mass is 9.96. The van der Waals surface area contributed by atoms with E-state index in [1.807, 2.05) is 30.3 Å². The van der Waals surface area contributed by atoms with Crippen molar-refractivity contribution in [2.75, 3.05) is 19.6 Å². The molecule has 0 radical (unpaired) electrons. The smallest absolute Gasteiger partial charge is 0.323 e. The molecule has 0 heterocycles. The van der Waals surface area contributed by atoms with Crippen molar-refractivity contribution in [1.82, 2.24) is 10.2 Å². The lowest BCUT2D eigenvalue weighted by Crippen LogP contribution is -2.45. The van der Waals surface area contributed by atoms with Gasteiger partial charge < -0.3 is 15.3 Å². The van der Waals surface area contributed by atoms with Crippen LogP contribution in [0, 0.1) is 5.41 Å². The second-order valence-corrected chi connectivity index (χ2v) is 6.38. The van der Waals surface area contributed by atoms with Crippen LogP contribution in [-0.2, 0) is 20.8 Å². The van der Waals surface area contributed by atoms with Gasteiger partial charge in [0.05, 0.1) is 6.54 Å². The molecule has 0 atom stereocenters. The molecule has 0 bridgehead atoms. The molecule has 0 aliphatic heterocycles. The van der Waals surface area contributed by atoms with E-state index in [1.165, 1.54) is 4.90 Å². The Bertz CT molecular complexity index is 549. The molecule has 6 heteroatoms. The molecule has 0 fully saturated rings. The zero-order valence-electron chi connectivity index (χ0n) is 13.8. The van der Waals surface area contributed by atoms with E-state index in [1.54, 1.807) is 20.8 Å². The number of aliphatic carboxylic acids is 1. The third-order valence-corrected chi connectivity index (χ3v) is 3.27. The predicted octanol–water partition coefficient (Wildman–Crippen LogP) is 1.30. The Balaban J connectivity index is 2.60. The van der Waals surface area contributed by atoms with E-state index in [9.17, 15) is 14.4 Å². The molecule has 0 unspecified atom stereocenters. The molecular formula is C17H24N2O4. The third-order valence-electron chi connectivity index (χ3n) is 3.27. The zero-order valence-corrected chi connectivity index (χ0v) is 13.8. The monoisotopic (exact) mass is 320 g/mol. The largest absolute Gasteiger partial charge is 0.480 e. The predicted molar refractivity (Wildman–Crippen MR) is 86.8 cm³/mol. The highest BCUT2D eigenvalue weighted by Gasteiger charge is 2.23. The van der Waals surface area contributed by atoms with Crippen molar-refractivity contribution in [1.29, 1.82) is 0 Å². The van der Waals surface area contributed by atoms with Crippen LogP contribution in [0.1, 0.15) is 26.3 Å². The summed E-state index contributed by atoms with van der Waals surface area (Å²) in [5.74, 6) is -1.72. The van der Waals surface area contributed by atoms with Crippen LogP contribution in [0.5, 0.6) is 0 Å². The summed E-state index contributed by atoms with van der Waals surface area (Å²) in [6.45, 7) is 4.96. The lowest BCUT2D eigenvalue weighted by Gasteiger charge is -2.23. The number of hydrogen-bond donors (Lipinski definition) is 2. The summed E-state index contributed by atoms with van der Waals surface area (Å²) in [4.78, 5) is 36.2. The van der Waals surface area contributed by atoms with Crippen molar-refractivity contribution in [3.8, 4) is 0 Å². The minimum atomic E-state index is -1.08. The molecule has 0 spiro atoms. The second-order valence-electron chi connectivity index (χ2n) is 6.38. The molecule has 1 rings (SSSR count). The first-order valence-corrected chi connectivity index (χ1v) is 7.52. The van der Waals surface area contributed by atoms with Crippen LogP contribution >= 0.6 is 0 Å². The first kappa shape index (κ1) is 18.7. The van der Waals surface area contributed by atoms with Crippen molar-refractivity contribution in [2.45, 2.75) is 27.2 Å². The molecule has 0 saturated carbocycles. The minimum absolute atomic E-state index is 0.196. The number of nitrogens with zero attached hydrogens (tertiary/aromatic N) is 1. The van der Waals surface area contributed by atoms with E-state index in [0.29, 0.717) is 13.0 Å². The molecule has 0 aliphatic rings. The molecule has 0 aromatic heterocycles. The molecular weight excluding hydrogens is 296 g/mol. The van der Waals surface area contributed by atoms with Gasteiger partial charge in [0, 0.05) is 12.0 Å². The quantitative estimate of drug-likeness (QED) is 0.793. The van der Waals surface area contributed by atoms with Crippen molar-refractivity contribution >= 4 is 17.8 Å². The van der Waals surface area contributed by atoms with Gasteiger partial charge in [0.15, 0.2) is 0 Å². The molecule has 2 N–H and O–H groups in total. The maximum Gasteiger partial charge on any atom is 0.323 e. The van der Waals surface area contributed by atoms with E-state index in [-0.39, 0.29) is 19.0 Å². The summed E-state index contributed by atoms with van der Waals surface area (Å²) in [6, 6.07) is 9.52. The highest BCUT2D eigenvalue weighted by molar-refractivity contribution is 5.88. The Kier molecular flexibility index (Phi) is 6.75. The molecule has 2 amide bonds. The highest BCUT2D eigenvalue weighted by Crippen LogP contribution is 2.12. The van der Waals surface area contributed by atoms with Gasteiger partial charge in [-0.2, -0.15) is 0 Å². The van der Waals surface area contributed by atoms with E-state index in [4.69, 9.17) is 5.11 Å². The number of carbonyl (C=O) groups excluding carboxylic acids is 2. The van der Waals surface area contributed by atoms with Crippen LogP contribution in [0.2, 0.25) is 0 Å². The fourth-order valence-corrected chi connectivity index (χ4v) is 1.90. The molecule has 1 aromatic rings. The summed E-state index contributed by atoms with van der Waals surface area (Å²) in [7, 11) is 0. The van der Waals surface area contributed by atoms with Gasteiger partial charge in [-0.1, -0.05) is 51.1 Å². The molecule has 0 aliphatic carbocycles. The molecule has 126 valence electrons. The van der Waals surface area contributed by atoms with Crippen LogP contribution in [0.4, 0.5) is 0 Å². The number of carbonyl (C=O) groups is 3. The Morgan fingerprint density at radius 1 is 1.13 bits per heavy atom. The van der Waals surface area contributed by atoms with Crippen LogP contribution in [0.15, 0.2) is 30.3 Å². The van der Waals surface area contributed by atoms with Gasteiger partial charge in [-0.05, 0) is 12.0 Å². The number of amides is 2. The SMILES string of the molecule is CC(C)(C)C(=O)NCC(=O)N(CCc1ccccc1)CC(=O)O. The van der Waals surface area contributed by atoms with E-state index >= 15 is 0 Å². The van der Waals surface area contributed by atoms with Crippen LogP contribution in [0.25, 0.3) is 0 Å². The van der Waals surface area contributed by atoms with E-state index in [2.05, 4.69) is 5.32 Å². The molecule has 23 heavy (non-hydrogen) atoms. The van der Waals surface area contributed by atoms with E-state index in [0.717, 1.165) is 5.56 Å². The first-order valence-electron chi connectivity index (χ1n) is 7.52. The van der Waals surface area contributed by atoms with Crippen LogP contribution in [0.3, 0.4) is 0 Å². The normalized spacial score (nSPS) is 10.9. The van der Waals surface area contributed by atoms with Gasteiger partial charge in [-0.25, -0.2) is 0 Å². The fourth-order valence-electron chi connectivity index (χ4n) is 1.90. The summed E-state index contributed by atoms with van der Waals surface area (Å²) in [5.41, 5.74) is 0.427. The maximum absolute atomic E-state index is 12.2. The van der Waals surface area contributed by atoms with Gasteiger partial charge in [-0.15, -0.1) is 0 Å². The van der Waals surface area contributed by atoms with Crippen LogP contribution in [-0.4, -0.2) is 47.4 Å². The topological polar surface area (TPSA) is 86.7 Å². The van der Waals surface area contributed by atoms with Crippen molar-refractivity contribution in [2.24, 2.45) is 5.41 Å². The zero-order chi connectivity index (χ0) is 17.5. The summed E-state index contributed by atoms with van der Waals surface area (Å²) in [6.07, 6.45) is 0.563. The fraction of sp³-hybridized carbons (Fsp3) is 0.471. The Labute approximate surface area is 136 Å². The number of benzene rings is 1. The third kappa shape index (κ3) is 6.95. The number of carboxylic acids is 1. The summed E-state index contributed by atoms with van der Waals surface area (Å²) < 4.78 is 0. The number of hydrogen-bond acceptors (Lipinski definition) is 3. The van der Waals surface area contributed by atoms with Crippen molar-refractivity contribution in [3.05, 3.63) is 35.9 Å². The van der Waals surface area contributed by atoms with Crippen molar-refractivity contribution in [3.63, 3.8) is 0 Å². The van der Waals surface area contributed by atoms with E-state index < -0.39 is 17.3 Å². The van der Waals surface area contributed by atoms with Crippen LogP contribution < -0.4 is 5.32 Å². The number of rotatable bonds is 7. The van der Waals surface area contributed by atoms with Gasteiger partial charge in [0.25, 0.3) is 0 Å². The molecule has 6 nitrogen and oxygen atoms in total. The first-order chi connectivity index (χ1) is 10.7. The summed E-state index contributed by atoms with van der Waals surface area (Å²) in [5, 5.41) is 11.5. The Morgan fingerprint density at radius 2 is 1.74 bits per heavy atom. The maximum atomic E-state index is 12.2. The average Bonchev–Trinajstić information content (AvgIpc) is 2.48. The van der Waals surface area contributed by atoms with Gasteiger partial charge in [0.2, 0.25) is 11.8 Å². The van der Waals surface area contributed by atoms with Gasteiger partial charge in [0.1, 0.15) is 6.54 Å². The van der Waals surface area contributed by atoms with Gasteiger partial charge >= 0.3 is 5.97 Å². The second kappa shape index (κ2) is 8.31. The minimum Gasteiger partial charge on any atom is -0.480 e. The Morgan fingerprint density at radius 3 is 2.26 bits per heavy atom. The standard InChI is InChI=1S/C17H24N2O4/c1-17(2,3)16(23)18-11-14(20)19(12-15(21)22)10-9-13-7-5-4-6-8-13/h4-8H,9-12H2,1-3H3,(H,18,23)(H,21,22). The van der Waals surface area contributed by atoms with Gasteiger partial charge in [-0.3, -0.25) is 14.4 Å². The van der Waals surface area contributed by atoms with Crippen molar-refractivity contribution < 1.29 is 19.5 Å². The lowest BCUT2D eigenvalue weighted by molar-refractivity contribution is -0.144. The molecule has 0 saturated heterocycles. The number of carboxylic acid groups (broad SMARTS) is 1. The Hall–Kier alpha value is -2.37. The number of nitrogens with one attached hydrogen (secondary N) is 1. The summed E-state index contributed by atoms with van der Waals surface area (Å²) >= 11 is 0. The highest BCUT2D eigenvalue weighted by atomic mass is 16.4. The average molecular weight is 320 g/mol. The molecule has 1 aromatic carbocycles.